The maximum absolute atomic E-state index is 12.4. The van der Waals surface area contributed by atoms with Gasteiger partial charge in [0.2, 0.25) is 10.0 Å². The highest BCUT2D eigenvalue weighted by Crippen LogP contribution is 2.12. The van der Waals surface area contributed by atoms with Gasteiger partial charge in [0.05, 0.1) is 4.90 Å². The first-order valence-electron chi connectivity index (χ1n) is 8.48. The van der Waals surface area contributed by atoms with Gasteiger partial charge >= 0.3 is 0 Å². The molecule has 2 N–H and O–H groups in total. The molecule has 0 aromatic heterocycles. The number of amides is 1. The molecule has 2 rings (SSSR count). The van der Waals surface area contributed by atoms with Gasteiger partial charge in [0.15, 0.2) is 0 Å². The van der Waals surface area contributed by atoms with Crippen LogP contribution >= 0.6 is 0 Å². The lowest BCUT2D eigenvalue weighted by molar-refractivity contribution is 0.0938. The van der Waals surface area contributed by atoms with Gasteiger partial charge in [0, 0.05) is 18.2 Å². The van der Waals surface area contributed by atoms with Crippen molar-refractivity contribution < 1.29 is 13.2 Å². The number of rotatable bonds is 9. The van der Waals surface area contributed by atoms with Crippen LogP contribution in [0, 0.1) is 0 Å². The molecule has 0 fully saturated rings. The van der Waals surface area contributed by atoms with Crippen molar-refractivity contribution >= 4 is 15.9 Å². The Morgan fingerprint density at radius 1 is 1.15 bits per heavy atom. The Labute approximate surface area is 155 Å². The summed E-state index contributed by atoms with van der Waals surface area (Å²) in [4.78, 5) is 12.5. The predicted octanol–water partition coefficient (Wildman–Crippen LogP) is 2.90. The molecule has 2 aromatic rings. The van der Waals surface area contributed by atoms with E-state index >= 15 is 0 Å². The summed E-state index contributed by atoms with van der Waals surface area (Å²) in [5.74, 6) is -0.286. The Kier molecular flexibility index (Phi) is 7.12. The fourth-order valence-corrected chi connectivity index (χ4v) is 3.51. The van der Waals surface area contributed by atoms with E-state index in [0.717, 1.165) is 12.8 Å². The van der Waals surface area contributed by atoms with E-state index in [4.69, 9.17) is 0 Å². The van der Waals surface area contributed by atoms with Gasteiger partial charge in [0.25, 0.3) is 5.91 Å². The summed E-state index contributed by atoms with van der Waals surface area (Å²) >= 11 is 0. The highest BCUT2D eigenvalue weighted by molar-refractivity contribution is 7.89. The molecule has 2 aromatic carbocycles. The van der Waals surface area contributed by atoms with Gasteiger partial charge in [-0.15, -0.1) is 6.58 Å². The molecular weight excluding hydrogens is 348 g/mol. The zero-order valence-electron chi connectivity index (χ0n) is 14.8. The van der Waals surface area contributed by atoms with Crippen LogP contribution in [0.15, 0.2) is 72.1 Å². The van der Waals surface area contributed by atoms with Crippen LogP contribution < -0.4 is 10.0 Å². The second-order valence-corrected chi connectivity index (χ2v) is 7.83. The van der Waals surface area contributed by atoms with Gasteiger partial charge in [0.1, 0.15) is 0 Å². The smallest absolute Gasteiger partial charge is 0.251 e. The number of benzene rings is 2. The third-order valence-electron chi connectivity index (χ3n) is 3.91. The third-order valence-corrected chi connectivity index (χ3v) is 5.33. The summed E-state index contributed by atoms with van der Waals surface area (Å²) in [6.07, 6.45) is 3.12. The topological polar surface area (TPSA) is 75.3 Å². The van der Waals surface area contributed by atoms with Gasteiger partial charge in [-0.05, 0) is 43.5 Å². The minimum absolute atomic E-state index is 0.0261. The fraction of sp³-hybridized carbons (Fsp3) is 0.250. The van der Waals surface area contributed by atoms with E-state index in [-0.39, 0.29) is 23.4 Å². The molecule has 0 aliphatic carbocycles. The van der Waals surface area contributed by atoms with E-state index in [2.05, 4.69) is 28.8 Å². The monoisotopic (exact) mass is 372 g/mol. The Morgan fingerprint density at radius 3 is 2.58 bits per heavy atom. The maximum atomic E-state index is 12.4. The molecule has 0 bridgehead atoms. The first kappa shape index (κ1) is 19.9. The molecule has 0 aliphatic heterocycles. The third kappa shape index (κ3) is 5.82. The fourth-order valence-electron chi connectivity index (χ4n) is 2.46. The van der Waals surface area contributed by atoms with Crippen LogP contribution in [0.25, 0.3) is 0 Å². The quantitative estimate of drug-likeness (QED) is 0.665. The minimum Gasteiger partial charge on any atom is -0.350 e. The van der Waals surface area contributed by atoms with Gasteiger partial charge in [-0.25, -0.2) is 13.1 Å². The first-order valence-corrected chi connectivity index (χ1v) is 9.96. The van der Waals surface area contributed by atoms with Crippen molar-refractivity contribution in [3.05, 3.63) is 78.4 Å². The molecular formula is C20H24N2O3S. The molecule has 0 spiro atoms. The highest BCUT2D eigenvalue weighted by atomic mass is 32.2. The molecule has 1 unspecified atom stereocenters. The summed E-state index contributed by atoms with van der Waals surface area (Å²) in [6, 6.07) is 16.0. The van der Waals surface area contributed by atoms with Crippen LogP contribution in [0.4, 0.5) is 0 Å². The van der Waals surface area contributed by atoms with E-state index in [0.29, 0.717) is 5.56 Å². The van der Waals surface area contributed by atoms with Crippen LogP contribution in [-0.2, 0) is 16.4 Å². The van der Waals surface area contributed by atoms with E-state index in [9.17, 15) is 13.2 Å². The molecule has 138 valence electrons. The largest absolute Gasteiger partial charge is 0.350 e. The molecule has 1 amide bonds. The van der Waals surface area contributed by atoms with Crippen molar-refractivity contribution in [2.75, 3.05) is 6.54 Å². The Morgan fingerprint density at radius 2 is 1.88 bits per heavy atom. The Balaban J connectivity index is 1.98. The maximum Gasteiger partial charge on any atom is 0.251 e. The number of aryl methyl sites for hydroxylation is 1. The number of nitrogens with one attached hydrogen (secondary N) is 2. The number of hydrogen-bond acceptors (Lipinski definition) is 3. The predicted molar refractivity (Wildman–Crippen MR) is 104 cm³/mol. The summed E-state index contributed by atoms with van der Waals surface area (Å²) < 4.78 is 26.7. The first-order chi connectivity index (χ1) is 12.4. The molecule has 26 heavy (non-hydrogen) atoms. The van der Waals surface area contributed by atoms with E-state index in [1.807, 2.05) is 25.1 Å². The SMILES string of the molecule is C=CCNS(=O)(=O)c1cccc(C(=O)NC(C)CCc2ccccc2)c1. The second-order valence-electron chi connectivity index (χ2n) is 6.07. The van der Waals surface area contributed by atoms with E-state index in [1.165, 1.54) is 23.8 Å². The lowest BCUT2D eigenvalue weighted by Gasteiger charge is -2.14. The molecule has 0 saturated heterocycles. The van der Waals surface area contributed by atoms with E-state index < -0.39 is 10.0 Å². The number of carbonyl (C=O) groups excluding carboxylic acids is 1. The van der Waals surface area contributed by atoms with Crippen molar-refractivity contribution in [2.45, 2.75) is 30.7 Å². The summed E-state index contributed by atoms with van der Waals surface area (Å²) in [5.41, 5.74) is 1.54. The normalized spacial score (nSPS) is 12.3. The lowest BCUT2D eigenvalue weighted by Crippen LogP contribution is -2.33. The average Bonchev–Trinajstić information content (AvgIpc) is 2.65. The summed E-state index contributed by atoms with van der Waals surface area (Å²) in [7, 11) is -3.65. The van der Waals surface area contributed by atoms with Gasteiger partial charge in [-0.1, -0.05) is 42.5 Å². The zero-order chi connectivity index (χ0) is 19.0. The number of sulfonamides is 1. The highest BCUT2D eigenvalue weighted by Gasteiger charge is 2.16. The summed E-state index contributed by atoms with van der Waals surface area (Å²) in [6.45, 7) is 5.56. The van der Waals surface area contributed by atoms with Crippen LogP contribution in [0.3, 0.4) is 0 Å². The number of carbonyl (C=O) groups is 1. The second kappa shape index (κ2) is 9.31. The molecule has 0 saturated carbocycles. The average molecular weight is 372 g/mol. The zero-order valence-corrected chi connectivity index (χ0v) is 15.6. The molecule has 5 nitrogen and oxygen atoms in total. The molecule has 0 radical (unpaired) electrons. The lowest BCUT2D eigenvalue weighted by atomic mass is 10.1. The Bertz CT molecular complexity index is 848. The van der Waals surface area contributed by atoms with Gasteiger partial charge in [-0.2, -0.15) is 0 Å². The van der Waals surface area contributed by atoms with Crippen LogP contribution in [0.1, 0.15) is 29.3 Å². The van der Waals surface area contributed by atoms with Crippen molar-refractivity contribution in [3.8, 4) is 0 Å². The van der Waals surface area contributed by atoms with Crippen molar-refractivity contribution in [2.24, 2.45) is 0 Å². The van der Waals surface area contributed by atoms with Gasteiger partial charge < -0.3 is 5.32 Å². The Hall–Kier alpha value is -2.44. The molecule has 0 aliphatic rings. The van der Waals surface area contributed by atoms with Crippen LogP contribution in [0.5, 0.6) is 0 Å². The molecule has 1 atom stereocenters. The standard InChI is InChI=1S/C20H24N2O3S/c1-3-14-21-26(24,25)19-11-7-10-18(15-19)20(23)22-16(2)12-13-17-8-5-4-6-9-17/h3-11,15-16,21H,1,12-14H2,2H3,(H,22,23). The van der Waals surface area contributed by atoms with Crippen molar-refractivity contribution in [1.29, 1.82) is 0 Å². The van der Waals surface area contributed by atoms with Gasteiger partial charge in [-0.3, -0.25) is 4.79 Å². The van der Waals surface area contributed by atoms with E-state index in [1.54, 1.807) is 12.1 Å². The minimum atomic E-state index is -3.65. The molecule has 0 heterocycles. The van der Waals surface area contributed by atoms with Crippen molar-refractivity contribution in [1.82, 2.24) is 10.0 Å². The molecule has 6 heteroatoms. The number of hydrogen-bond donors (Lipinski definition) is 2. The van der Waals surface area contributed by atoms with Crippen LogP contribution in [0.2, 0.25) is 0 Å². The summed E-state index contributed by atoms with van der Waals surface area (Å²) in [5, 5.41) is 2.92. The van der Waals surface area contributed by atoms with Crippen LogP contribution in [-0.4, -0.2) is 26.9 Å². The van der Waals surface area contributed by atoms with Crippen molar-refractivity contribution in [3.63, 3.8) is 0 Å².